The maximum Gasteiger partial charge on any atom is 0.242 e. The zero-order chi connectivity index (χ0) is 16.4. The Kier molecular flexibility index (Phi) is 4.31. The lowest BCUT2D eigenvalue weighted by molar-refractivity contribution is -0.129. The first kappa shape index (κ1) is 15.5. The van der Waals surface area contributed by atoms with Gasteiger partial charge < -0.3 is 20.0 Å². The SMILES string of the molecule is CCC1C(=O)NCCN1c1cc(N2CCN(C)C(=O)C2)ncn1. The Bertz CT molecular complexity index is 607. The zero-order valence-corrected chi connectivity index (χ0v) is 13.5. The molecule has 0 spiro atoms. The van der Waals surface area contributed by atoms with Gasteiger partial charge in [0.1, 0.15) is 24.0 Å². The number of hydrogen-bond donors (Lipinski definition) is 1. The van der Waals surface area contributed by atoms with Gasteiger partial charge in [-0.2, -0.15) is 0 Å². The molecule has 1 atom stereocenters. The van der Waals surface area contributed by atoms with Crippen molar-refractivity contribution in [2.45, 2.75) is 19.4 Å². The largest absolute Gasteiger partial charge is 0.353 e. The number of nitrogens with zero attached hydrogens (tertiary/aromatic N) is 5. The van der Waals surface area contributed by atoms with E-state index < -0.39 is 0 Å². The third-order valence-corrected chi connectivity index (χ3v) is 4.43. The molecule has 8 heteroatoms. The Morgan fingerprint density at radius 2 is 2.00 bits per heavy atom. The van der Waals surface area contributed by atoms with E-state index in [1.807, 2.05) is 29.8 Å². The van der Waals surface area contributed by atoms with Crippen molar-refractivity contribution in [2.75, 3.05) is 49.6 Å². The lowest BCUT2D eigenvalue weighted by Gasteiger charge is -2.36. The van der Waals surface area contributed by atoms with E-state index in [1.165, 1.54) is 6.33 Å². The number of rotatable bonds is 3. The van der Waals surface area contributed by atoms with Crippen LogP contribution in [0.25, 0.3) is 0 Å². The van der Waals surface area contributed by atoms with Gasteiger partial charge in [0.05, 0.1) is 6.54 Å². The van der Waals surface area contributed by atoms with Crippen molar-refractivity contribution in [1.82, 2.24) is 20.2 Å². The minimum atomic E-state index is -0.208. The van der Waals surface area contributed by atoms with E-state index in [4.69, 9.17) is 0 Å². The van der Waals surface area contributed by atoms with Crippen molar-refractivity contribution >= 4 is 23.5 Å². The average Bonchev–Trinajstić information content (AvgIpc) is 2.57. The van der Waals surface area contributed by atoms with E-state index in [9.17, 15) is 9.59 Å². The number of aromatic nitrogens is 2. The van der Waals surface area contributed by atoms with E-state index in [1.54, 1.807) is 4.90 Å². The molecule has 2 saturated heterocycles. The number of hydrogen-bond acceptors (Lipinski definition) is 6. The highest BCUT2D eigenvalue weighted by molar-refractivity contribution is 5.86. The Morgan fingerprint density at radius 3 is 2.74 bits per heavy atom. The van der Waals surface area contributed by atoms with Crippen LogP contribution >= 0.6 is 0 Å². The molecule has 0 aromatic carbocycles. The highest BCUT2D eigenvalue weighted by atomic mass is 16.2. The summed E-state index contributed by atoms with van der Waals surface area (Å²) in [5.74, 6) is 1.59. The van der Waals surface area contributed by atoms with Crippen LogP contribution in [0, 0.1) is 0 Å². The van der Waals surface area contributed by atoms with Gasteiger partial charge >= 0.3 is 0 Å². The summed E-state index contributed by atoms with van der Waals surface area (Å²) in [6.07, 6.45) is 2.23. The Labute approximate surface area is 135 Å². The molecule has 2 amide bonds. The summed E-state index contributed by atoms with van der Waals surface area (Å²) in [6, 6.07) is 1.67. The molecule has 1 aromatic heterocycles. The van der Waals surface area contributed by atoms with Gasteiger partial charge in [0.25, 0.3) is 0 Å². The lowest BCUT2D eigenvalue weighted by Crippen LogP contribution is -2.55. The monoisotopic (exact) mass is 318 g/mol. The van der Waals surface area contributed by atoms with Crippen LogP contribution in [0.15, 0.2) is 12.4 Å². The molecule has 3 rings (SSSR count). The third-order valence-electron chi connectivity index (χ3n) is 4.43. The predicted octanol–water partition coefficient (Wildman–Crippen LogP) is -0.530. The van der Waals surface area contributed by atoms with E-state index in [0.717, 1.165) is 31.1 Å². The molecule has 0 radical (unpaired) electrons. The first-order chi connectivity index (χ1) is 11.1. The number of likely N-dealkylation sites (N-methyl/N-ethyl adjacent to an activating group) is 1. The molecule has 0 saturated carbocycles. The number of anilines is 2. The number of nitrogens with one attached hydrogen (secondary N) is 1. The van der Waals surface area contributed by atoms with Crippen molar-refractivity contribution in [3.05, 3.63) is 12.4 Å². The summed E-state index contributed by atoms with van der Waals surface area (Å²) in [5, 5.41) is 2.89. The van der Waals surface area contributed by atoms with Gasteiger partial charge in [-0.25, -0.2) is 9.97 Å². The highest BCUT2D eigenvalue weighted by Crippen LogP contribution is 2.22. The van der Waals surface area contributed by atoms with Gasteiger partial charge in [0, 0.05) is 39.3 Å². The van der Waals surface area contributed by atoms with Crippen LogP contribution in [0.3, 0.4) is 0 Å². The van der Waals surface area contributed by atoms with Gasteiger partial charge in [0.2, 0.25) is 11.8 Å². The number of carbonyl (C=O) groups is 2. The van der Waals surface area contributed by atoms with Crippen LogP contribution in [0.1, 0.15) is 13.3 Å². The first-order valence-corrected chi connectivity index (χ1v) is 7.95. The van der Waals surface area contributed by atoms with E-state index >= 15 is 0 Å². The molecule has 1 aromatic rings. The molecule has 8 nitrogen and oxygen atoms in total. The maximum atomic E-state index is 12.0. The van der Waals surface area contributed by atoms with Crippen LogP contribution < -0.4 is 15.1 Å². The molecule has 0 bridgehead atoms. The fraction of sp³-hybridized carbons (Fsp3) is 0.600. The summed E-state index contributed by atoms with van der Waals surface area (Å²) < 4.78 is 0. The topological polar surface area (TPSA) is 81.7 Å². The Hall–Kier alpha value is -2.38. The van der Waals surface area contributed by atoms with Crippen molar-refractivity contribution in [1.29, 1.82) is 0 Å². The molecule has 1 unspecified atom stereocenters. The summed E-state index contributed by atoms with van der Waals surface area (Å²) >= 11 is 0. The van der Waals surface area contributed by atoms with Crippen molar-refractivity contribution < 1.29 is 9.59 Å². The van der Waals surface area contributed by atoms with Gasteiger partial charge in [-0.3, -0.25) is 9.59 Å². The molecule has 23 heavy (non-hydrogen) atoms. The minimum Gasteiger partial charge on any atom is -0.353 e. The van der Waals surface area contributed by atoms with Crippen molar-refractivity contribution in [3.8, 4) is 0 Å². The van der Waals surface area contributed by atoms with Gasteiger partial charge in [-0.15, -0.1) is 0 Å². The summed E-state index contributed by atoms with van der Waals surface area (Å²) in [7, 11) is 1.81. The fourth-order valence-corrected chi connectivity index (χ4v) is 3.02. The number of amides is 2. The predicted molar refractivity (Wildman–Crippen MR) is 86.3 cm³/mol. The molecule has 2 aliphatic heterocycles. The standard InChI is InChI=1S/C15H22N6O2/c1-3-11-15(23)16-4-5-21(11)13-8-12(17-10-18-13)20-7-6-19(2)14(22)9-20/h8,10-11H,3-7,9H2,1-2H3,(H,16,23). The Balaban J connectivity index is 1.82. The molecule has 0 aliphatic carbocycles. The minimum absolute atomic E-state index is 0.0358. The highest BCUT2D eigenvalue weighted by Gasteiger charge is 2.30. The number of piperazine rings is 2. The molecule has 124 valence electrons. The average molecular weight is 318 g/mol. The van der Waals surface area contributed by atoms with Crippen molar-refractivity contribution in [2.24, 2.45) is 0 Å². The van der Waals surface area contributed by atoms with E-state index in [-0.39, 0.29) is 17.9 Å². The van der Waals surface area contributed by atoms with Gasteiger partial charge in [-0.05, 0) is 6.42 Å². The second-order valence-corrected chi connectivity index (χ2v) is 5.88. The third kappa shape index (κ3) is 3.06. The van der Waals surface area contributed by atoms with Crippen molar-refractivity contribution in [3.63, 3.8) is 0 Å². The van der Waals surface area contributed by atoms with Crippen LogP contribution in [0.4, 0.5) is 11.6 Å². The Morgan fingerprint density at radius 1 is 1.22 bits per heavy atom. The van der Waals surface area contributed by atoms with Crippen LogP contribution in [-0.4, -0.2) is 72.5 Å². The van der Waals surface area contributed by atoms with E-state index in [0.29, 0.717) is 19.6 Å². The lowest BCUT2D eigenvalue weighted by atomic mass is 10.1. The molecule has 2 aliphatic rings. The first-order valence-electron chi connectivity index (χ1n) is 7.95. The molecular weight excluding hydrogens is 296 g/mol. The van der Waals surface area contributed by atoms with Crippen LogP contribution in [0.5, 0.6) is 0 Å². The smallest absolute Gasteiger partial charge is 0.242 e. The molecule has 1 N–H and O–H groups in total. The second kappa shape index (κ2) is 6.39. The zero-order valence-electron chi connectivity index (χ0n) is 13.5. The normalized spacial score (nSPS) is 22.3. The quantitative estimate of drug-likeness (QED) is 0.807. The van der Waals surface area contributed by atoms with Gasteiger partial charge in [0.15, 0.2) is 0 Å². The van der Waals surface area contributed by atoms with Crippen LogP contribution in [-0.2, 0) is 9.59 Å². The summed E-state index contributed by atoms with van der Waals surface area (Å²) in [5.41, 5.74) is 0. The molecular formula is C15H22N6O2. The van der Waals surface area contributed by atoms with Crippen LogP contribution in [0.2, 0.25) is 0 Å². The molecule has 3 heterocycles. The maximum absolute atomic E-state index is 12.0. The van der Waals surface area contributed by atoms with Gasteiger partial charge in [-0.1, -0.05) is 6.92 Å². The fourth-order valence-electron chi connectivity index (χ4n) is 3.02. The summed E-state index contributed by atoms with van der Waals surface area (Å²) in [6.45, 7) is 5.08. The second-order valence-electron chi connectivity index (χ2n) is 5.88. The molecule has 2 fully saturated rings. The summed E-state index contributed by atoms with van der Waals surface area (Å²) in [4.78, 5) is 38.2. The number of carbonyl (C=O) groups excluding carboxylic acids is 2. The van der Waals surface area contributed by atoms with E-state index in [2.05, 4.69) is 15.3 Å².